The third-order valence-corrected chi connectivity index (χ3v) is 5.23. The summed E-state index contributed by atoms with van der Waals surface area (Å²) in [6.07, 6.45) is 1.66. The molecule has 0 atom stereocenters. The molecule has 5 aromatic rings. The van der Waals surface area contributed by atoms with Gasteiger partial charge in [0.2, 0.25) is 0 Å². The van der Waals surface area contributed by atoms with Crippen LogP contribution in [0.25, 0.3) is 32.8 Å². The van der Waals surface area contributed by atoms with E-state index in [-0.39, 0.29) is 12.5 Å². The number of aromatic nitrogens is 4. The Kier molecular flexibility index (Phi) is 4.48. The van der Waals surface area contributed by atoms with Crippen molar-refractivity contribution in [1.29, 1.82) is 0 Å². The second-order valence-electron chi connectivity index (χ2n) is 7.07. The zero-order valence-electron chi connectivity index (χ0n) is 16.5. The van der Waals surface area contributed by atoms with E-state index in [4.69, 9.17) is 0 Å². The summed E-state index contributed by atoms with van der Waals surface area (Å²) in [7, 11) is 0. The summed E-state index contributed by atoms with van der Waals surface area (Å²) in [5.41, 5.74) is 7.48. The molecule has 2 heterocycles. The third kappa shape index (κ3) is 3.10. The molecule has 30 heavy (non-hydrogen) atoms. The summed E-state index contributed by atoms with van der Waals surface area (Å²) in [6, 6.07) is 22.1. The second-order valence-corrected chi connectivity index (χ2v) is 7.07. The van der Waals surface area contributed by atoms with Gasteiger partial charge in [-0.15, -0.1) is 5.10 Å². The van der Waals surface area contributed by atoms with Crippen molar-refractivity contribution in [3.05, 3.63) is 72.3 Å². The van der Waals surface area contributed by atoms with Crippen molar-refractivity contribution < 1.29 is 4.79 Å². The lowest BCUT2D eigenvalue weighted by atomic mass is 10.1. The van der Waals surface area contributed by atoms with Crippen LogP contribution in [0.2, 0.25) is 0 Å². The first kappa shape index (κ1) is 18.1. The predicted octanol–water partition coefficient (Wildman–Crippen LogP) is 3.71. The number of amides is 1. The molecule has 0 unspecified atom stereocenters. The molecule has 0 spiro atoms. The van der Waals surface area contributed by atoms with Crippen molar-refractivity contribution in [3.63, 3.8) is 0 Å². The highest BCUT2D eigenvalue weighted by Gasteiger charge is 2.10. The lowest BCUT2D eigenvalue weighted by molar-refractivity contribution is -0.121. The predicted molar refractivity (Wildman–Crippen MR) is 118 cm³/mol. The third-order valence-electron chi connectivity index (χ3n) is 5.23. The van der Waals surface area contributed by atoms with Crippen molar-refractivity contribution in [2.45, 2.75) is 20.0 Å². The first-order valence-electron chi connectivity index (χ1n) is 9.85. The maximum absolute atomic E-state index is 12.3. The lowest BCUT2D eigenvalue weighted by Crippen LogP contribution is -2.23. The number of hydrogen-bond donors (Lipinski definition) is 1. The molecule has 0 bridgehead atoms. The zero-order chi connectivity index (χ0) is 20.5. The molecule has 3 aromatic carbocycles. The quantitative estimate of drug-likeness (QED) is 0.363. The van der Waals surface area contributed by atoms with Gasteiger partial charge in [0, 0.05) is 28.4 Å². The molecule has 7 heteroatoms. The van der Waals surface area contributed by atoms with Crippen molar-refractivity contribution in [2.24, 2.45) is 5.10 Å². The summed E-state index contributed by atoms with van der Waals surface area (Å²) in [6.45, 7) is 3.11. The van der Waals surface area contributed by atoms with Gasteiger partial charge in [0.1, 0.15) is 12.1 Å². The van der Waals surface area contributed by atoms with Crippen LogP contribution >= 0.6 is 0 Å². The summed E-state index contributed by atoms with van der Waals surface area (Å²) in [5, 5.41) is 14.6. The molecule has 2 aromatic heterocycles. The maximum atomic E-state index is 12.3. The number of hydrazone groups is 1. The van der Waals surface area contributed by atoms with Gasteiger partial charge in [-0.1, -0.05) is 41.6 Å². The van der Waals surface area contributed by atoms with E-state index < -0.39 is 0 Å². The van der Waals surface area contributed by atoms with Crippen LogP contribution in [0, 0.1) is 0 Å². The smallest absolute Gasteiger partial charge is 0.261 e. The summed E-state index contributed by atoms with van der Waals surface area (Å²) in [4.78, 5) is 12.3. The fraction of sp³-hybridized carbons (Fsp3) is 0.130. The SMILES string of the molecule is CCn1c2ccccc2c2cc(/C=N/NC(=O)Cn3nnc4ccccc43)ccc21. The fourth-order valence-corrected chi connectivity index (χ4v) is 3.88. The van der Waals surface area contributed by atoms with Crippen molar-refractivity contribution >= 4 is 45.0 Å². The van der Waals surface area contributed by atoms with Crippen LogP contribution < -0.4 is 5.43 Å². The van der Waals surface area contributed by atoms with E-state index in [1.54, 1.807) is 10.9 Å². The van der Waals surface area contributed by atoms with Gasteiger partial charge in [0.15, 0.2) is 0 Å². The number of carbonyl (C=O) groups excluding carboxylic acids is 1. The molecule has 5 rings (SSSR count). The Hall–Kier alpha value is -4.00. The van der Waals surface area contributed by atoms with E-state index in [1.807, 2.05) is 30.3 Å². The summed E-state index contributed by atoms with van der Waals surface area (Å²) in [5.74, 6) is -0.259. The molecular weight excluding hydrogens is 376 g/mol. The largest absolute Gasteiger partial charge is 0.341 e. The molecule has 0 aliphatic rings. The van der Waals surface area contributed by atoms with Crippen LogP contribution in [0.1, 0.15) is 12.5 Å². The highest BCUT2D eigenvalue weighted by atomic mass is 16.2. The lowest BCUT2D eigenvalue weighted by Gasteiger charge is -2.03. The molecule has 7 nitrogen and oxygen atoms in total. The molecule has 0 aliphatic carbocycles. The number of carbonyl (C=O) groups is 1. The Morgan fingerprint density at radius 2 is 1.77 bits per heavy atom. The minimum atomic E-state index is -0.259. The van der Waals surface area contributed by atoms with Gasteiger partial charge in [0.25, 0.3) is 5.91 Å². The van der Waals surface area contributed by atoms with E-state index >= 15 is 0 Å². The van der Waals surface area contributed by atoms with E-state index in [0.29, 0.717) is 0 Å². The van der Waals surface area contributed by atoms with Crippen LogP contribution in [-0.2, 0) is 17.9 Å². The van der Waals surface area contributed by atoms with Gasteiger partial charge in [-0.05, 0) is 42.8 Å². The first-order valence-corrected chi connectivity index (χ1v) is 9.85. The average Bonchev–Trinajstić information content (AvgIpc) is 3.32. The summed E-state index contributed by atoms with van der Waals surface area (Å²) < 4.78 is 3.86. The molecule has 1 N–H and O–H groups in total. The van der Waals surface area contributed by atoms with Crippen LogP contribution in [0.3, 0.4) is 0 Å². The number of para-hydroxylation sites is 2. The van der Waals surface area contributed by atoms with Gasteiger partial charge in [0.05, 0.1) is 11.7 Å². The highest BCUT2D eigenvalue weighted by molar-refractivity contribution is 6.09. The Labute approximate surface area is 172 Å². The minimum absolute atomic E-state index is 0.0564. The number of rotatable bonds is 5. The van der Waals surface area contributed by atoms with Gasteiger partial charge >= 0.3 is 0 Å². The highest BCUT2D eigenvalue weighted by Crippen LogP contribution is 2.29. The molecule has 0 radical (unpaired) electrons. The maximum Gasteiger partial charge on any atom is 0.261 e. The second kappa shape index (κ2) is 7.44. The van der Waals surface area contributed by atoms with E-state index in [2.05, 4.69) is 68.7 Å². The Morgan fingerprint density at radius 1 is 1.00 bits per heavy atom. The van der Waals surface area contributed by atoms with Crippen LogP contribution in [-0.4, -0.2) is 31.7 Å². The molecular formula is C23H20N6O. The number of fused-ring (bicyclic) bond motifs is 4. The molecule has 0 aliphatic heterocycles. The number of nitrogens with one attached hydrogen (secondary N) is 1. The van der Waals surface area contributed by atoms with E-state index in [0.717, 1.165) is 23.1 Å². The van der Waals surface area contributed by atoms with Crippen molar-refractivity contribution in [1.82, 2.24) is 25.0 Å². The normalized spacial score (nSPS) is 11.8. The first-order chi connectivity index (χ1) is 14.7. The minimum Gasteiger partial charge on any atom is -0.341 e. The van der Waals surface area contributed by atoms with Crippen molar-refractivity contribution in [2.75, 3.05) is 0 Å². The van der Waals surface area contributed by atoms with Crippen LogP contribution in [0.15, 0.2) is 71.8 Å². The number of benzene rings is 3. The van der Waals surface area contributed by atoms with E-state index in [1.165, 1.54) is 21.8 Å². The van der Waals surface area contributed by atoms with Gasteiger partial charge < -0.3 is 4.57 Å². The number of hydrogen-bond acceptors (Lipinski definition) is 4. The molecule has 0 fully saturated rings. The van der Waals surface area contributed by atoms with E-state index in [9.17, 15) is 4.79 Å². The van der Waals surface area contributed by atoms with Gasteiger partial charge in [-0.3, -0.25) is 4.79 Å². The fourth-order valence-electron chi connectivity index (χ4n) is 3.88. The zero-order valence-corrected chi connectivity index (χ0v) is 16.5. The molecule has 0 saturated heterocycles. The van der Waals surface area contributed by atoms with Crippen LogP contribution in [0.5, 0.6) is 0 Å². The van der Waals surface area contributed by atoms with Gasteiger partial charge in [-0.2, -0.15) is 5.10 Å². The molecule has 0 saturated carbocycles. The van der Waals surface area contributed by atoms with Crippen LogP contribution in [0.4, 0.5) is 0 Å². The Balaban J connectivity index is 1.35. The number of aryl methyl sites for hydroxylation is 1. The molecule has 148 valence electrons. The monoisotopic (exact) mass is 396 g/mol. The Morgan fingerprint density at radius 3 is 2.63 bits per heavy atom. The Bertz CT molecular complexity index is 1410. The van der Waals surface area contributed by atoms with Gasteiger partial charge in [-0.25, -0.2) is 10.1 Å². The summed E-state index contributed by atoms with van der Waals surface area (Å²) >= 11 is 0. The topological polar surface area (TPSA) is 77.1 Å². The number of nitrogens with zero attached hydrogens (tertiary/aromatic N) is 5. The standard InChI is InChI=1S/C23H20N6O/c1-2-28-20-9-5-3-7-17(20)18-13-16(11-12-21(18)28)14-24-26-23(30)15-29-22-10-6-4-8-19(22)25-27-29/h3-14H,2,15H2,1H3,(H,26,30)/b24-14+. The van der Waals surface area contributed by atoms with Crippen molar-refractivity contribution in [3.8, 4) is 0 Å². The molecule has 1 amide bonds. The average molecular weight is 396 g/mol.